The third-order valence-corrected chi connectivity index (χ3v) is 4.77. The van der Waals surface area contributed by atoms with Crippen LogP contribution in [0.4, 0.5) is 5.69 Å². The maximum absolute atomic E-state index is 13.2. The zero-order valence-corrected chi connectivity index (χ0v) is 18.8. The fourth-order valence-electron chi connectivity index (χ4n) is 3.30. The van der Waals surface area contributed by atoms with Gasteiger partial charge in [-0.1, -0.05) is 29.8 Å². The molecule has 2 aromatic carbocycles. The van der Waals surface area contributed by atoms with Gasteiger partial charge in [-0.15, -0.1) is 0 Å². The second kappa shape index (κ2) is 9.79. The van der Waals surface area contributed by atoms with Crippen molar-refractivity contribution in [2.45, 2.75) is 46.8 Å². The summed E-state index contributed by atoms with van der Waals surface area (Å²) >= 11 is 0. The molecule has 0 saturated carbocycles. The molecule has 1 aliphatic heterocycles. The second-order valence-corrected chi connectivity index (χ2v) is 8.11. The molecule has 6 nitrogen and oxygen atoms in total. The van der Waals surface area contributed by atoms with E-state index in [1.54, 1.807) is 0 Å². The maximum atomic E-state index is 13.2. The number of nitrogens with one attached hydrogen (secondary N) is 1. The number of carbonyl (C=O) groups is 2. The molecule has 1 N–H and O–H groups in total. The normalized spacial score (nSPS) is 14.2. The zero-order valence-electron chi connectivity index (χ0n) is 18.8. The van der Waals surface area contributed by atoms with Crippen molar-refractivity contribution in [2.75, 3.05) is 18.5 Å². The van der Waals surface area contributed by atoms with Crippen LogP contribution < -0.4 is 10.1 Å². The first-order valence-electron chi connectivity index (χ1n) is 10.6. The van der Waals surface area contributed by atoms with Crippen molar-refractivity contribution in [1.82, 2.24) is 4.90 Å². The maximum Gasteiger partial charge on any atom is 0.278 e. The van der Waals surface area contributed by atoms with Gasteiger partial charge in [-0.25, -0.2) is 0 Å². The first kappa shape index (κ1) is 22.6. The smallest absolute Gasteiger partial charge is 0.278 e. The molecule has 0 aliphatic carbocycles. The summed E-state index contributed by atoms with van der Waals surface area (Å²) < 4.78 is 11.3. The average Bonchev–Trinajstić information content (AvgIpc) is 2.94. The molecule has 31 heavy (non-hydrogen) atoms. The number of rotatable bonds is 9. The van der Waals surface area contributed by atoms with Crippen molar-refractivity contribution < 1.29 is 19.1 Å². The standard InChI is InChI=1S/C25H30N2O4/c1-16(2)30-15-14-27-24(28)22(19-8-12-21(13-9-19)31-17(3)4)23(25(27)29)26-20-10-6-18(5)7-11-20/h6-13,16-17,26H,14-15H2,1-5H3. The number of amides is 2. The number of benzene rings is 2. The van der Waals surface area contributed by atoms with Crippen LogP contribution in [0.2, 0.25) is 0 Å². The van der Waals surface area contributed by atoms with Gasteiger partial charge in [-0.2, -0.15) is 0 Å². The van der Waals surface area contributed by atoms with Gasteiger partial charge < -0.3 is 14.8 Å². The van der Waals surface area contributed by atoms with Crippen LogP contribution in [0.5, 0.6) is 5.75 Å². The van der Waals surface area contributed by atoms with Gasteiger partial charge >= 0.3 is 0 Å². The quantitative estimate of drug-likeness (QED) is 0.607. The summed E-state index contributed by atoms with van der Waals surface area (Å²) in [5, 5.41) is 3.17. The van der Waals surface area contributed by atoms with E-state index < -0.39 is 0 Å². The highest BCUT2D eigenvalue weighted by Gasteiger charge is 2.39. The minimum atomic E-state index is -0.351. The van der Waals surface area contributed by atoms with Gasteiger partial charge in [0.15, 0.2) is 0 Å². The molecule has 0 bridgehead atoms. The summed E-state index contributed by atoms with van der Waals surface area (Å²) in [4.78, 5) is 27.6. The molecular weight excluding hydrogens is 392 g/mol. The van der Waals surface area contributed by atoms with Crippen LogP contribution in [0, 0.1) is 6.92 Å². The van der Waals surface area contributed by atoms with E-state index in [-0.39, 0.29) is 36.3 Å². The van der Waals surface area contributed by atoms with E-state index in [1.807, 2.05) is 83.1 Å². The summed E-state index contributed by atoms with van der Waals surface area (Å²) in [6.07, 6.45) is 0.0776. The lowest BCUT2D eigenvalue weighted by Gasteiger charge is -2.16. The Bertz CT molecular complexity index is 960. The first-order chi connectivity index (χ1) is 14.8. The highest BCUT2D eigenvalue weighted by Crippen LogP contribution is 2.31. The summed E-state index contributed by atoms with van der Waals surface area (Å²) in [6.45, 7) is 10.2. The Labute approximate surface area is 183 Å². The topological polar surface area (TPSA) is 67.9 Å². The lowest BCUT2D eigenvalue weighted by molar-refractivity contribution is -0.137. The largest absolute Gasteiger partial charge is 0.491 e. The molecule has 0 saturated heterocycles. The minimum Gasteiger partial charge on any atom is -0.491 e. The van der Waals surface area contributed by atoms with Crippen LogP contribution in [0.25, 0.3) is 5.57 Å². The van der Waals surface area contributed by atoms with Gasteiger partial charge in [0, 0.05) is 5.69 Å². The van der Waals surface area contributed by atoms with Crippen molar-refractivity contribution in [3.05, 3.63) is 65.4 Å². The molecule has 2 aromatic rings. The van der Waals surface area contributed by atoms with Gasteiger partial charge in [0.1, 0.15) is 11.4 Å². The lowest BCUT2D eigenvalue weighted by atomic mass is 10.0. The van der Waals surface area contributed by atoms with Gasteiger partial charge in [-0.3, -0.25) is 14.5 Å². The van der Waals surface area contributed by atoms with E-state index in [0.29, 0.717) is 23.5 Å². The molecule has 3 rings (SSSR count). The summed E-state index contributed by atoms with van der Waals surface area (Å²) in [6, 6.07) is 14.9. The minimum absolute atomic E-state index is 0.0268. The van der Waals surface area contributed by atoms with E-state index in [1.165, 1.54) is 4.90 Å². The molecule has 164 valence electrons. The lowest BCUT2D eigenvalue weighted by Crippen LogP contribution is -2.35. The van der Waals surface area contributed by atoms with Crippen molar-refractivity contribution >= 4 is 23.1 Å². The number of ether oxygens (including phenoxy) is 2. The fraction of sp³-hybridized carbons (Fsp3) is 0.360. The molecule has 0 spiro atoms. The van der Waals surface area contributed by atoms with E-state index >= 15 is 0 Å². The van der Waals surface area contributed by atoms with Crippen LogP contribution in [-0.4, -0.2) is 42.1 Å². The number of aryl methyl sites for hydroxylation is 1. The monoisotopic (exact) mass is 422 g/mol. The average molecular weight is 423 g/mol. The van der Waals surface area contributed by atoms with Crippen molar-refractivity contribution in [3.63, 3.8) is 0 Å². The number of nitrogens with zero attached hydrogens (tertiary/aromatic N) is 1. The predicted molar refractivity (Wildman–Crippen MR) is 122 cm³/mol. The number of carbonyl (C=O) groups excluding carboxylic acids is 2. The molecule has 0 atom stereocenters. The predicted octanol–water partition coefficient (Wildman–Crippen LogP) is 4.40. The second-order valence-electron chi connectivity index (χ2n) is 8.11. The summed E-state index contributed by atoms with van der Waals surface area (Å²) in [7, 11) is 0. The highest BCUT2D eigenvalue weighted by atomic mass is 16.5. The van der Waals surface area contributed by atoms with Crippen molar-refractivity contribution in [3.8, 4) is 5.75 Å². The SMILES string of the molecule is Cc1ccc(NC2=C(c3ccc(OC(C)C)cc3)C(=O)N(CCOC(C)C)C2=O)cc1. The van der Waals surface area contributed by atoms with Gasteiger partial charge in [0.2, 0.25) is 0 Å². The molecule has 1 aliphatic rings. The Balaban J connectivity index is 1.93. The number of anilines is 1. The van der Waals surface area contributed by atoms with Crippen molar-refractivity contribution in [1.29, 1.82) is 0 Å². The van der Waals surface area contributed by atoms with Crippen LogP contribution in [-0.2, 0) is 14.3 Å². The van der Waals surface area contributed by atoms with Crippen LogP contribution >= 0.6 is 0 Å². The first-order valence-corrected chi connectivity index (χ1v) is 10.6. The summed E-state index contributed by atoms with van der Waals surface area (Å²) in [5.41, 5.74) is 3.15. The molecule has 2 amide bonds. The Morgan fingerprint density at radius 3 is 2.10 bits per heavy atom. The molecule has 6 heteroatoms. The zero-order chi connectivity index (χ0) is 22.5. The molecular formula is C25H30N2O4. The number of hydrogen-bond acceptors (Lipinski definition) is 5. The molecule has 1 heterocycles. The van der Waals surface area contributed by atoms with E-state index in [2.05, 4.69) is 5.32 Å². The molecule has 0 radical (unpaired) electrons. The van der Waals surface area contributed by atoms with Gasteiger partial charge in [0.05, 0.1) is 30.9 Å². The Hall–Kier alpha value is -3.12. The summed E-state index contributed by atoms with van der Waals surface area (Å²) in [5.74, 6) is 0.0336. The van der Waals surface area contributed by atoms with Crippen LogP contribution in [0.3, 0.4) is 0 Å². The Kier molecular flexibility index (Phi) is 7.13. The third kappa shape index (κ3) is 5.52. The number of hydrogen-bond donors (Lipinski definition) is 1. The molecule has 0 aromatic heterocycles. The highest BCUT2D eigenvalue weighted by molar-refractivity contribution is 6.36. The fourth-order valence-corrected chi connectivity index (χ4v) is 3.30. The van der Waals surface area contributed by atoms with Gasteiger partial charge in [-0.05, 0) is 64.4 Å². The van der Waals surface area contributed by atoms with E-state index in [9.17, 15) is 9.59 Å². The molecule has 0 fully saturated rings. The van der Waals surface area contributed by atoms with Gasteiger partial charge in [0.25, 0.3) is 11.8 Å². The van der Waals surface area contributed by atoms with E-state index in [4.69, 9.17) is 9.47 Å². The molecule has 0 unspecified atom stereocenters. The Morgan fingerprint density at radius 2 is 1.52 bits per heavy atom. The van der Waals surface area contributed by atoms with E-state index in [0.717, 1.165) is 11.3 Å². The Morgan fingerprint density at radius 1 is 0.871 bits per heavy atom. The van der Waals surface area contributed by atoms with Crippen LogP contribution in [0.15, 0.2) is 54.2 Å². The van der Waals surface area contributed by atoms with Crippen LogP contribution in [0.1, 0.15) is 38.8 Å². The third-order valence-electron chi connectivity index (χ3n) is 4.77. The van der Waals surface area contributed by atoms with Crippen molar-refractivity contribution in [2.24, 2.45) is 0 Å². The number of imide groups is 1.